The van der Waals surface area contributed by atoms with Gasteiger partial charge in [0.25, 0.3) is 0 Å². The van der Waals surface area contributed by atoms with Crippen LogP contribution in [0.15, 0.2) is 0 Å². The second kappa shape index (κ2) is 5.70. The van der Waals surface area contributed by atoms with E-state index < -0.39 is 10.8 Å². The molecule has 3 unspecified atom stereocenters. The van der Waals surface area contributed by atoms with E-state index >= 15 is 0 Å². The summed E-state index contributed by atoms with van der Waals surface area (Å²) in [6.45, 7) is 8.17. The molecule has 0 radical (unpaired) electrons. The van der Waals surface area contributed by atoms with Crippen molar-refractivity contribution in [2.75, 3.05) is 5.75 Å². The second-order valence-electron chi connectivity index (χ2n) is 3.65. The largest absolute Gasteiger partial charge is 0.327 e. The Morgan fingerprint density at radius 2 is 1.83 bits per heavy atom. The van der Waals surface area contributed by atoms with E-state index in [1.165, 1.54) is 0 Å². The molecule has 2 N–H and O–H groups in total. The first-order valence-electron chi connectivity index (χ1n) is 4.61. The summed E-state index contributed by atoms with van der Waals surface area (Å²) < 4.78 is 11.4. The lowest BCUT2D eigenvalue weighted by molar-refractivity contribution is 0.471. The van der Waals surface area contributed by atoms with E-state index in [9.17, 15) is 4.21 Å². The fourth-order valence-corrected chi connectivity index (χ4v) is 1.94. The van der Waals surface area contributed by atoms with Crippen LogP contribution in [0.5, 0.6) is 0 Å². The van der Waals surface area contributed by atoms with Crippen molar-refractivity contribution in [2.45, 2.75) is 45.4 Å². The molecule has 12 heavy (non-hydrogen) atoms. The summed E-state index contributed by atoms with van der Waals surface area (Å²) in [5.41, 5.74) is 5.87. The Bertz CT molecular complexity index is 147. The second-order valence-corrected chi connectivity index (χ2v) is 5.68. The van der Waals surface area contributed by atoms with Gasteiger partial charge in [-0.3, -0.25) is 4.21 Å². The molecule has 3 heteroatoms. The lowest BCUT2D eigenvalue weighted by Gasteiger charge is -2.18. The molecule has 0 amide bonds. The number of nitrogens with two attached hydrogens (primary N) is 1. The third-order valence-corrected chi connectivity index (χ3v) is 4.02. The predicted octanol–water partition coefficient (Wildman–Crippen LogP) is 1.52. The molecule has 74 valence electrons. The van der Waals surface area contributed by atoms with Gasteiger partial charge in [0.1, 0.15) is 0 Å². The van der Waals surface area contributed by atoms with E-state index in [2.05, 4.69) is 13.8 Å². The van der Waals surface area contributed by atoms with E-state index in [1.54, 1.807) is 0 Å². The van der Waals surface area contributed by atoms with Crippen molar-refractivity contribution in [2.24, 2.45) is 11.7 Å². The molecule has 3 atom stereocenters. The molecular formula is C9H21NOS. The maximum atomic E-state index is 11.4. The van der Waals surface area contributed by atoms with Gasteiger partial charge in [0.05, 0.1) is 0 Å². The summed E-state index contributed by atoms with van der Waals surface area (Å²) in [6, 6.07) is 0.0956. The summed E-state index contributed by atoms with van der Waals surface area (Å²) in [5, 5.41) is 0.236. The van der Waals surface area contributed by atoms with Crippen LogP contribution >= 0.6 is 0 Å². The van der Waals surface area contributed by atoms with Gasteiger partial charge in [-0.1, -0.05) is 34.1 Å². The molecule has 0 spiro atoms. The van der Waals surface area contributed by atoms with Crippen molar-refractivity contribution in [1.29, 1.82) is 0 Å². The molecule has 0 aromatic carbocycles. The third kappa shape index (κ3) is 4.21. The normalized spacial score (nSPS) is 19.2. The van der Waals surface area contributed by atoms with Gasteiger partial charge in [-0.15, -0.1) is 0 Å². The van der Waals surface area contributed by atoms with Crippen LogP contribution in [0.25, 0.3) is 0 Å². The minimum atomic E-state index is -0.749. The highest BCUT2D eigenvalue weighted by Crippen LogP contribution is 2.08. The molecule has 0 aliphatic heterocycles. The van der Waals surface area contributed by atoms with E-state index in [1.807, 2.05) is 13.8 Å². The Labute approximate surface area is 78.4 Å². The topological polar surface area (TPSA) is 43.1 Å². The van der Waals surface area contributed by atoms with Crippen LogP contribution < -0.4 is 5.73 Å². The molecule has 0 aliphatic carbocycles. The smallest absolute Gasteiger partial charge is 0.0391 e. The average Bonchev–Trinajstić information content (AvgIpc) is 2.02. The minimum absolute atomic E-state index is 0.0956. The van der Waals surface area contributed by atoms with Gasteiger partial charge in [-0.05, 0) is 5.92 Å². The first-order chi connectivity index (χ1) is 5.49. The van der Waals surface area contributed by atoms with Gasteiger partial charge >= 0.3 is 0 Å². The predicted molar refractivity (Wildman–Crippen MR) is 55.6 cm³/mol. The van der Waals surface area contributed by atoms with Gasteiger partial charge in [0, 0.05) is 27.8 Å². The fourth-order valence-electron chi connectivity index (χ4n) is 0.849. The van der Waals surface area contributed by atoms with Crippen LogP contribution in [0.1, 0.15) is 34.1 Å². The lowest BCUT2D eigenvalue weighted by Crippen LogP contribution is -2.35. The van der Waals surface area contributed by atoms with Gasteiger partial charge in [0.2, 0.25) is 0 Å². The van der Waals surface area contributed by atoms with Crippen molar-refractivity contribution in [1.82, 2.24) is 0 Å². The van der Waals surface area contributed by atoms with E-state index in [0.29, 0.717) is 11.7 Å². The zero-order valence-electron chi connectivity index (χ0n) is 8.54. The molecule has 0 rings (SSSR count). The van der Waals surface area contributed by atoms with Gasteiger partial charge in [-0.2, -0.15) is 0 Å². The standard InChI is InChI=1S/C9H21NOS/c1-5-8(4)9(10)6-12(11)7(2)3/h7-9H,5-6,10H2,1-4H3. The molecule has 0 bridgehead atoms. The molecule has 2 nitrogen and oxygen atoms in total. The van der Waals surface area contributed by atoms with Crippen LogP contribution in [0.3, 0.4) is 0 Å². The zero-order chi connectivity index (χ0) is 9.72. The Balaban J connectivity index is 3.83. The maximum absolute atomic E-state index is 11.4. The molecule has 0 fully saturated rings. The molecule has 0 saturated heterocycles. The Morgan fingerprint density at radius 3 is 2.17 bits per heavy atom. The molecule has 0 aromatic rings. The molecule has 0 aromatic heterocycles. The number of hydrogen-bond donors (Lipinski definition) is 1. The van der Waals surface area contributed by atoms with Crippen LogP contribution in [-0.2, 0) is 10.8 Å². The molecule has 0 aliphatic rings. The van der Waals surface area contributed by atoms with E-state index in [4.69, 9.17) is 5.73 Å². The first-order valence-corrected chi connectivity index (χ1v) is 6.00. The number of hydrogen-bond acceptors (Lipinski definition) is 2. The summed E-state index contributed by atoms with van der Waals surface area (Å²) in [4.78, 5) is 0. The van der Waals surface area contributed by atoms with Gasteiger partial charge in [0.15, 0.2) is 0 Å². The fraction of sp³-hybridized carbons (Fsp3) is 1.00. The van der Waals surface area contributed by atoms with Crippen molar-refractivity contribution in [3.05, 3.63) is 0 Å². The van der Waals surface area contributed by atoms with Crippen molar-refractivity contribution >= 4 is 10.8 Å². The maximum Gasteiger partial charge on any atom is 0.0391 e. The van der Waals surface area contributed by atoms with Gasteiger partial charge < -0.3 is 5.73 Å². The summed E-state index contributed by atoms with van der Waals surface area (Å²) in [6.07, 6.45) is 1.07. The van der Waals surface area contributed by atoms with Crippen molar-refractivity contribution in [3.63, 3.8) is 0 Å². The Kier molecular flexibility index (Phi) is 5.76. The van der Waals surface area contributed by atoms with Crippen molar-refractivity contribution < 1.29 is 4.21 Å². The van der Waals surface area contributed by atoms with Crippen LogP contribution in [-0.4, -0.2) is 21.3 Å². The summed E-state index contributed by atoms with van der Waals surface area (Å²) >= 11 is 0. The van der Waals surface area contributed by atoms with E-state index in [-0.39, 0.29) is 11.3 Å². The third-order valence-electron chi connectivity index (χ3n) is 2.26. The SMILES string of the molecule is CCC(C)C(N)CS(=O)C(C)C. The molecule has 0 saturated carbocycles. The van der Waals surface area contributed by atoms with Gasteiger partial charge in [-0.25, -0.2) is 0 Å². The average molecular weight is 191 g/mol. The highest BCUT2D eigenvalue weighted by Gasteiger charge is 2.15. The van der Waals surface area contributed by atoms with Crippen LogP contribution in [0.2, 0.25) is 0 Å². The van der Waals surface area contributed by atoms with E-state index in [0.717, 1.165) is 6.42 Å². The van der Waals surface area contributed by atoms with Crippen LogP contribution in [0, 0.1) is 5.92 Å². The zero-order valence-corrected chi connectivity index (χ0v) is 9.36. The first kappa shape index (κ1) is 12.1. The lowest BCUT2D eigenvalue weighted by atomic mass is 10.0. The molecular weight excluding hydrogens is 170 g/mol. The monoisotopic (exact) mass is 191 g/mol. The highest BCUT2D eigenvalue weighted by atomic mass is 32.2. The quantitative estimate of drug-likeness (QED) is 0.716. The molecule has 0 heterocycles. The Hall–Kier alpha value is 0.110. The Morgan fingerprint density at radius 1 is 1.33 bits per heavy atom. The van der Waals surface area contributed by atoms with Crippen molar-refractivity contribution in [3.8, 4) is 0 Å². The minimum Gasteiger partial charge on any atom is -0.327 e. The summed E-state index contributed by atoms with van der Waals surface area (Å²) in [5.74, 6) is 1.12. The highest BCUT2D eigenvalue weighted by molar-refractivity contribution is 7.85. The van der Waals surface area contributed by atoms with Crippen LogP contribution in [0.4, 0.5) is 0 Å². The number of rotatable bonds is 5. The summed E-state index contributed by atoms with van der Waals surface area (Å²) in [7, 11) is -0.749.